The van der Waals surface area contributed by atoms with Crippen molar-refractivity contribution in [2.45, 2.75) is 33.2 Å². The Morgan fingerprint density at radius 3 is 2.48 bits per heavy atom. The number of pyridine rings is 1. The van der Waals surface area contributed by atoms with Gasteiger partial charge in [0, 0.05) is 20.1 Å². The van der Waals surface area contributed by atoms with Crippen LogP contribution < -0.4 is 10.2 Å². The summed E-state index contributed by atoms with van der Waals surface area (Å²) in [7, 11) is 1.92. The Labute approximate surface area is 149 Å². The fourth-order valence-electron chi connectivity index (χ4n) is 3.21. The zero-order valence-electron chi connectivity index (χ0n) is 15.4. The van der Waals surface area contributed by atoms with Gasteiger partial charge >= 0.3 is 0 Å². The highest BCUT2D eigenvalue weighted by Crippen LogP contribution is 2.27. The Morgan fingerprint density at radius 1 is 1.08 bits per heavy atom. The second-order valence-corrected chi connectivity index (χ2v) is 5.99. The molecule has 0 radical (unpaired) electrons. The molecule has 1 aliphatic rings. The van der Waals surface area contributed by atoms with Crippen molar-refractivity contribution >= 4 is 22.8 Å². The minimum Gasteiger partial charge on any atom is -0.387 e. The van der Waals surface area contributed by atoms with Crippen LogP contribution in [0.2, 0.25) is 0 Å². The van der Waals surface area contributed by atoms with Gasteiger partial charge in [0.1, 0.15) is 0 Å². The summed E-state index contributed by atoms with van der Waals surface area (Å²) in [6, 6.07) is 12.7. The van der Waals surface area contributed by atoms with Gasteiger partial charge in [0.15, 0.2) is 5.65 Å². The van der Waals surface area contributed by atoms with Crippen molar-refractivity contribution in [1.29, 1.82) is 0 Å². The zero-order valence-corrected chi connectivity index (χ0v) is 15.4. The smallest absolute Gasteiger partial charge is 0.208 e. The van der Waals surface area contributed by atoms with E-state index in [9.17, 15) is 0 Å². The maximum absolute atomic E-state index is 4.82. The van der Waals surface area contributed by atoms with Crippen LogP contribution in [0.5, 0.6) is 0 Å². The van der Waals surface area contributed by atoms with E-state index in [1.165, 1.54) is 18.4 Å². The zero-order chi connectivity index (χ0) is 17.6. The number of anilines is 2. The van der Waals surface area contributed by atoms with E-state index in [1.54, 1.807) is 0 Å². The first-order chi connectivity index (χ1) is 12.3. The van der Waals surface area contributed by atoms with Crippen molar-refractivity contribution < 1.29 is 0 Å². The number of imidazole rings is 1. The van der Waals surface area contributed by atoms with Crippen LogP contribution in [0.1, 0.15) is 32.3 Å². The Morgan fingerprint density at radius 2 is 1.80 bits per heavy atom. The molecule has 1 fully saturated rings. The van der Waals surface area contributed by atoms with Crippen LogP contribution in [0.25, 0.3) is 11.2 Å². The van der Waals surface area contributed by atoms with Crippen molar-refractivity contribution in [3.05, 3.63) is 48.2 Å². The minimum atomic E-state index is 0.817. The first kappa shape index (κ1) is 17.3. The first-order valence-electron chi connectivity index (χ1n) is 9.18. The van der Waals surface area contributed by atoms with E-state index < -0.39 is 0 Å². The van der Waals surface area contributed by atoms with E-state index in [-0.39, 0.29) is 0 Å². The molecule has 1 N–H and O–H groups in total. The number of benzene rings is 1. The van der Waals surface area contributed by atoms with Crippen LogP contribution in [0, 0.1) is 0 Å². The van der Waals surface area contributed by atoms with Crippen LogP contribution in [0.15, 0.2) is 42.6 Å². The number of fused-ring (bicyclic) bond motifs is 1. The second kappa shape index (κ2) is 8.01. The fourth-order valence-corrected chi connectivity index (χ4v) is 3.21. The average Bonchev–Trinajstić information content (AvgIpc) is 3.32. The molecule has 1 aromatic carbocycles. The Hall–Kier alpha value is -2.56. The van der Waals surface area contributed by atoms with Crippen molar-refractivity contribution in [2.75, 3.05) is 30.4 Å². The van der Waals surface area contributed by atoms with Gasteiger partial charge in [-0.1, -0.05) is 44.2 Å². The van der Waals surface area contributed by atoms with Gasteiger partial charge in [0.25, 0.3) is 0 Å². The topological polar surface area (TPSA) is 46.0 Å². The van der Waals surface area contributed by atoms with Gasteiger partial charge in [0.05, 0.1) is 23.9 Å². The molecule has 5 nitrogen and oxygen atoms in total. The highest BCUT2D eigenvalue weighted by Gasteiger charge is 2.21. The fraction of sp³-hybridized carbons (Fsp3) is 0.400. The molecule has 0 bridgehead atoms. The summed E-state index contributed by atoms with van der Waals surface area (Å²) in [5.41, 5.74) is 4.20. The van der Waals surface area contributed by atoms with Gasteiger partial charge in [-0.05, 0) is 24.5 Å². The molecule has 0 spiro atoms. The quantitative estimate of drug-likeness (QED) is 0.777. The van der Waals surface area contributed by atoms with Crippen LogP contribution >= 0.6 is 0 Å². The molecular formula is C20H27N5. The van der Waals surface area contributed by atoms with Gasteiger partial charge in [0.2, 0.25) is 5.95 Å². The Bertz CT molecular complexity index is 804. The standard InChI is InChI=1S/C18H21N5.C2H6/c1-19-15-11-16-17(20-12-15)21-18(22-9-5-6-10-22)23(16)13-14-7-3-2-4-8-14;1-2/h2-4,7-8,11-12,19H,5-6,9-10,13H2,1H3;1-2H3. The van der Waals surface area contributed by atoms with E-state index >= 15 is 0 Å². The lowest BCUT2D eigenvalue weighted by atomic mass is 10.2. The largest absolute Gasteiger partial charge is 0.387 e. The SMILES string of the molecule is CC.CNc1cnc2nc(N3CCCC3)n(Cc3ccccc3)c2c1. The third-order valence-electron chi connectivity index (χ3n) is 4.45. The highest BCUT2D eigenvalue weighted by molar-refractivity contribution is 5.78. The number of nitrogens with one attached hydrogen (secondary N) is 1. The van der Waals surface area contributed by atoms with Gasteiger partial charge in [-0.25, -0.2) is 4.98 Å². The molecule has 0 saturated carbocycles. The predicted octanol–water partition coefficient (Wildman–Crippen LogP) is 4.15. The van der Waals surface area contributed by atoms with Crippen LogP contribution in [0.3, 0.4) is 0 Å². The van der Waals surface area contributed by atoms with E-state index in [0.29, 0.717) is 0 Å². The molecule has 5 heteroatoms. The maximum atomic E-state index is 4.82. The Kier molecular flexibility index (Phi) is 5.53. The summed E-state index contributed by atoms with van der Waals surface area (Å²) in [4.78, 5) is 11.7. The highest BCUT2D eigenvalue weighted by atomic mass is 15.3. The molecule has 0 unspecified atom stereocenters. The number of nitrogens with zero attached hydrogens (tertiary/aromatic N) is 4. The van der Waals surface area contributed by atoms with Crippen LogP contribution in [-0.2, 0) is 6.54 Å². The summed E-state index contributed by atoms with van der Waals surface area (Å²) >= 11 is 0. The lowest BCUT2D eigenvalue weighted by Crippen LogP contribution is -2.22. The molecule has 0 amide bonds. The van der Waals surface area contributed by atoms with E-state index in [1.807, 2.05) is 27.1 Å². The van der Waals surface area contributed by atoms with Gasteiger partial charge in [-0.2, -0.15) is 4.98 Å². The van der Waals surface area contributed by atoms with E-state index in [4.69, 9.17) is 4.98 Å². The number of hydrogen-bond acceptors (Lipinski definition) is 4. The van der Waals surface area contributed by atoms with E-state index in [2.05, 4.69) is 56.2 Å². The maximum Gasteiger partial charge on any atom is 0.208 e. The summed E-state index contributed by atoms with van der Waals surface area (Å²) in [6.45, 7) is 6.98. The molecule has 25 heavy (non-hydrogen) atoms. The number of aromatic nitrogens is 3. The molecule has 3 heterocycles. The third-order valence-corrected chi connectivity index (χ3v) is 4.45. The molecule has 2 aromatic heterocycles. The molecule has 1 aliphatic heterocycles. The summed E-state index contributed by atoms with van der Waals surface area (Å²) < 4.78 is 2.30. The van der Waals surface area contributed by atoms with Gasteiger partial charge < -0.3 is 14.8 Å². The molecule has 1 saturated heterocycles. The van der Waals surface area contributed by atoms with Crippen LogP contribution in [0.4, 0.5) is 11.6 Å². The summed E-state index contributed by atoms with van der Waals surface area (Å²) in [5.74, 6) is 1.04. The van der Waals surface area contributed by atoms with Crippen molar-refractivity contribution in [1.82, 2.24) is 14.5 Å². The average molecular weight is 337 g/mol. The number of rotatable bonds is 4. The van der Waals surface area contributed by atoms with Gasteiger partial charge in [-0.3, -0.25) is 0 Å². The third kappa shape index (κ3) is 3.60. The first-order valence-corrected chi connectivity index (χ1v) is 9.18. The molecule has 0 atom stereocenters. The molecule has 132 valence electrons. The number of hydrogen-bond donors (Lipinski definition) is 1. The lowest BCUT2D eigenvalue weighted by molar-refractivity contribution is 0.776. The van der Waals surface area contributed by atoms with Crippen LogP contribution in [-0.4, -0.2) is 34.7 Å². The minimum absolute atomic E-state index is 0.817. The lowest BCUT2D eigenvalue weighted by Gasteiger charge is -2.18. The van der Waals surface area contributed by atoms with Gasteiger partial charge in [-0.15, -0.1) is 0 Å². The normalized spacial score (nSPS) is 13.6. The molecule has 4 rings (SSSR count). The second-order valence-electron chi connectivity index (χ2n) is 5.99. The molecule has 0 aliphatic carbocycles. The summed E-state index contributed by atoms with van der Waals surface area (Å²) in [5, 5.41) is 3.17. The Balaban J connectivity index is 0.000000880. The monoisotopic (exact) mass is 337 g/mol. The summed E-state index contributed by atoms with van der Waals surface area (Å²) in [6.07, 6.45) is 4.32. The van der Waals surface area contributed by atoms with Crippen molar-refractivity contribution in [3.63, 3.8) is 0 Å². The van der Waals surface area contributed by atoms with E-state index in [0.717, 1.165) is 42.4 Å². The molecule has 3 aromatic rings. The van der Waals surface area contributed by atoms with Crippen molar-refractivity contribution in [2.24, 2.45) is 0 Å². The molecular weight excluding hydrogens is 310 g/mol. The predicted molar refractivity (Wildman–Crippen MR) is 105 cm³/mol. The van der Waals surface area contributed by atoms with Crippen molar-refractivity contribution in [3.8, 4) is 0 Å².